The summed E-state index contributed by atoms with van der Waals surface area (Å²) in [6, 6.07) is 9.43. The molecular weight excluding hydrogens is 475 g/mol. The van der Waals surface area contributed by atoms with E-state index in [4.69, 9.17) is 14.2 Å². The van der Waals surface area contributed by atoms with Crippen molar-refractivity contribution in [2.45, 2.75) is 51.4 Å². The van der Waals surface area contributed by atoms with Crippen molar-refractivity contribution in [1.82, 2.24) is 0 Å². The Labute approximate surface area is 217 Å². The Balaban J connectivity index is 1.89. The Morgan fingerprint density at radius 3 is 2.32 bits per heavy atom. The first-order valence-corrected chi connectivity index (χ1v) is 12.6. The van der Waals surface area contributed by atoms with E-state index in [9.17, 15) is 14.7 Å². The number of hydrogen-bond donors (Lipinski definition) is 1. The molecule has 1 aliphatic carbocycles. The van der Waals surface area contributed by atoms with Crippen molar-refractivity contribution in [3.63, 3.8) is 0 Å². The first kappa shape index (κ1) is 28.3. The maximum absolute atomic E-state index is 15.1. The van der Waals surface area contributed by atoms with Gasteiger partial charge in [-0.1, -0.05) is 39.0 Å². The van der Waals surface area contributed by atoms with Gasteiger partial charge < -0.3 is 19.3 Å². The van der Waals surface area contributed by atoms with Gasteiger partial charge in [0.1, 0.15) is 17.3 Å². The number of hydrogen-bond acceptors (Lipinski definition) is 6. The summed E-state index contributed by atoms with van der Waals surface area (Å²) in [5.41, 5.74) is 1.86. The summed E-state index contributed by atoms with van der Waals surface area (Å²) >= 11 is 0. The van der Waals surface area contributed by atoms with Crippen molar-refractivity contribution in [2.24, 2.45) is 5.92 Å². The Kier molecular flexibility index (Phi) is 10.2. The fourth-order valence-corrected chi connectivity index (χ4v) is 4.74. The van der Waals surface area contributed by atoms with Gasteiger partial charge in [0, 0.05) is 18.7 Å². The monoisotopic (exact) mass is 510 g/mol. The van der Waals surface area contributed by atoms with Crippen LogP contribution in [0.5, 0.6) is 11.5 Å². The van der Waals surface area contributed by atoms with E-state index in [1.807, 2.05) is 6.07 Å². The molecule has 0 atom stereocenters. The standard InChI is InChI=1S/C30H35FO6/c1-5-6-21-7-9-22(10-8-21)26-15-23(11-14-28(26)37-29(33)19(2)17-32)25-13-12-24(16-27(25)31)36-30(34)20(3)18-35-4/h11-16,21-22,32H,2-3,5-10,17-18H2,1,4H3. The third-order valence-corrected chi connectivity index (χ3v) is 6.74. The van der Waals surface area contributed by atoms with Crippen LogP contribution in [0, 0.1) is 11.7 Å². The van der Waals surface area contributed by atoms with Gasteiger partial charge in [0.2, 0.25) is 0 Å². The Morgan fingerprint density at radius 2 is 1.70 bits per heavy atom. The number of aliphatic hydroxyl groups excluding tert-OH is 1. The molecule has 1 saturated carbocycles. The molecule has 6 nitrogen and oxygen atoms in total. The van der Waals surface area contributed by atoms with Crippen LogP contribution in [0.25, 0.3) is 11.1 Å². The number of benzene rings is 2. The lowest BCUT2D eigenvalue weighted by Crippen LogP contribution is -2.17. The van der Waals surface area contributed by atoms with E-state index >= 15 is 4.39 Å². The zero-order chi connectivity index (χ0) is 26.9. The summed E-state index contributed by atoms with van der Waals surface area (Å²) in [5.74, 6) is -0.630. The number of esters is 2. The van der Waals surface area contributed by atoms with Gasteiger partial charge in [-0.3, -0.25) is 0 Å². The minimum Gasteiger partial charge on any atom is -0.423 e. The number of halogens is 1. The summed E-state index contributed by atoms with van der Waals surface area (Å²) in [6.45, 7) is 8.86. The number of aliphatic hydroxyl groups is 1. The number of methoxy groups -OCH3 is 1. The third kappa shape index (κ3) is 7.37. The lowest BCUT2D eigenvalue weighted by molar-refractivity contribution is -0.131. The van der Waals surface area contributed by atoms with Gasteiger partial charge >= 0.3 is 11.9 Å². The Hall–Kier alpha value is -3.29. The number of rotatable bonds is 11. The third-order valence-electron chi connectivity index (χ3n) is 6.74. The predicted octanol–water partition coefficient (Wildman–Crippen LogP) is 6.13. The molecule has 0 aliphatic heterocycles. The van der Waals surface area contributed by atoms with Crippen molar-refractivity contribution in [3.05, 3.63) is 72.1 Å². The number of carbonyl (C=O) groups is 2. The smallest absolute Gasteiger partial charge is 0.341 e. The highest BCUT2D eigenvalue weighted by molar-refractivity contribution is 5.90. The molecule has 0 spiro atoms. The van der Waals surface area contributed by atoms with Crippen LogP contribution >= 0.6 is 0 Å². The fourth-order valence-electron chi connectivity index (χ4n) is 4.74. The summed E-state index contributed by atoms with van der Waals surface area (Å²) in [7, 11) is 1.44. The first-order chi connectivity index (χ1) is 17.8. The highest BCUT2D eigenvalue weighted by Crippen LogP contribution is 2.42. The summed E-state index contributed by atoms with van der Waals surface area (Å²) in [6.07, 6.45) is 6.42. The zero-order valence-corrected chi connectivity index (χ0v) is 21.6. The van der Waals surface area contributed by atoms with Gasteiger partial charge in [-0.05, 0) is 72.9 Å². The van der Waals surface area contributed by atoms with E-state index < -0.39 is 24.4 Å². The maximum Gasteiger partial charge on any atom is 0.341 e. The second kappa shape index (κ2) is 13.3. The molecule has 198 valence electrons. The van der Waals surface area contributed by atoms with E-state index in [2.05, 4.69) is 20.1 Å². The van der Waals surface area contributed by atoms with Gasteiger partial charge in [-0.2, -0.15) is 0 Å². The van der Waals surface area contributed by atoms with Crippen LogP contribution in [0.2, 0.25) is 0 Å². The van der Waals surface area contributed by atoms with Crippen molar-refractivity contribution >= 4 is 11.9 Å². The van der Waals surface area contributed by atoms with Crippen LogP contribution in [-0.4, -0.2) is 37.4 Å². The molecule has 37 heavy (non-hydrogen) atoms. The molecule has 1 fully saturated rings. The molecule has 2 aromatic carbocycles. The van der Waals surface area contributed by atoms with Crippen LogP contribution in [-0.2, 0) is 14.3 Å². The van der Waals surface area contributed by atoms with Crippen molar-refractivity contribution in [2.75, 3.05) is 20.3 Å². The second-order valence-electron chi connectivity index (χ2n) is 9.48. The normalized spacial score (nSPS) is 17.2. The minimum atomic E-state index is -0.691. The lowest BCUT2D eigenvalue weighted by Gasteiger charge is -2.30. The molecule has 1 aliphatic rings. The summed E-state index contributed by atoms with van der Waals surface area (Å²) in [5, 5.41) is 9.25. The van der Waals surface area contributed by atoms with Crippen LogP contribution in [0.3, 0.4) is 0 Å². The largest absolute Gasteiger partial charge is 0.423 e. The second-order valence-corrected chi connectivity index (χ2v) is 9.48. The molecule has 0 saturated heterocycles. The van der Waals surface area contributed by atoms with Crippen molar-refractivity contribution in [1.29, 1.82) is 0 Å². The first-order valence-electron chi connectivity index (χ1n) is 12.6. The fraction of sp³-hybridized carbons (Fsp3) is 0.400. The van der Waals surface area contributed by atoms with Crippen LogP contribution in [0.1, 0.15) is 56.9 Å². The average Bonchev–Trinajstić information content (AvgIpc) is 2.89. The molecule has 0 unspecified atom stereocenters. The quantitative estimate of drug-likeness (QED) is 0.223. The van der Waals surface area contributed by atoms with E-state index in [0.29, 0.717) is 22.8 Å². The number of carbonyl (C=O) groups excluding carboxylic acids is 2. The molecule has 0 bridgehead atoms. The minimum absolute atomic E-state index is 0.0190. The maximum atomic E-state index is 15.1. The molecule has 0 radical (unpaired) electrons. The molecule has 7 heteroatoms. The average molecular weight is 511 g/mol. The summed E-state index contributed by atoms with van der Waals surface area (Å²) in [4.78, 5) is 24.4. The number of ether oxygens (including phenoxy) is 3. The SMILES string of the molecule is C=C(COC)C(=O)Oc1ccc(-c2ccc(OC(=O)C(=C)CO)c(C3CCC(CCC)CC3)c2)c(F)c1. The van der Waals surface area contributed by atoms with Gasteiger partial charge in [0.05, 0.1) is 24.4 Å². The van der Waals surface area contributed by atoms with E-state index in [-0.39, 0.29) is 29.4 Å². The molecule has 3 rings (SSSR count). The Morgan fingerprint density at radius 1 is 1.00 bits per heavy atom. The lowest BCUT2D eigenvalue weighted by atomic mass is 9.76. The van der Waals surface area contributed by atoms with Gasteiger partial charge in [0.25, 0.3) is 0 Å². The molecule has 1 N–H and O–H groups in total. The van der Waals surface area contributed by atoms with Crippen molar-refractivity contribution in [3.8, 4) is 22.6 Å². The highest BCUT2D eigenvalue weighted by atomic mass is 19.1. The molecule has 0 aromatic heterocycles. The van der Waals surface area contributed by atoms with Crippen LogP contribution in [0.4, 0.5) is 4.39 Å². The summed E-state index contributed by atoms with van der Waals surface area (Å²) < 4.78 is 30.8. The van der Waals surface area contributed by atoms with Gasteiger partial charge in [-0.25, -0.2) is 14.0 Å². The molecule has 0 amide bonds. The van der Waals surface area contributed by atoms with Crippen molar-refractivity contribution < 1.29 is 33.3 Å². The van der Waals surface area contributed by atoms with Gasteiger partial charge in [-0.15, -0.1) is 0 Å². The Bertz CT molecular complexity index is 1150. The molecular formula is C30H35FO6. The van der Waals surface area contributed by atoms with E-state index in [1.165, 1.54) is 19.6 Å². The van der Waals surface area contributed by atoms with Crippen LogP contribution < -0.4 is 9.47 Å². The van der Waals surface area contributed by atoms with E-state index in [1.54, 1.807) is 18.2 Å². The van der Waals surface area contributed by atoms with Gasteiger partial charge in [0.15, 0.2) is 0 Å². The van der Waals surface area contributed by atoms with E-state index in [0.717, 1.165) is 43.7 Å². The van der Waals surface area contributed by atoms with Crippen LogP contribution in [0.15, 0.2) is 60.7 Å². The molecule has 2 aromatic rings. The zero-order valence-electron chi connectivity index (χ0n) is 21.6. The highest BCUT2D eigenvalue weighted by Gasteiger charge is 2.26. The topological polar surface area (TPSA) is 82.1 Å². The molecule has 0 heterocycles. The predicted molar refractivity (Wildman–Crippen MR) is 140 cm³/mol.